The standard InChI is InChI=1S/C18H23ClN2O4S/c1-4-24-16(22)14-15-12-10-11(19)6-7-13(12)25-18(14,2)21(17(26)20-15)8-5-9-23-3/h6-7,10,14-15H,4-5,8-9H2,1-3H3,(H,20,26). The van der Waals surface area contributed by atoms with E-state index < -0.39 is 11.6 Å². The maximum atomic E-state index is 12.8. The van der Waals surface area contributed by atoms with Crippen LogP contribution in [0, 0.1) is 5.92 Å². The molecule has 0 spiro atoms. The van der Waals surface area contributed by atoms with Crippen LogP contribution in [0.25, 0.3) is 0 Å². The van der Waals surface area contributed by atoms with Crippen molar-refractivity contribution in [2.24, 2.45) is 5.92 Å². The molecule has 1 aromatic carbocycles. The summed E-state index contributed by atoms with van der Waals surface area (Å²) in [6.45, 7) is 5.17. The number of benzene rings is 1. The van der Waals surface area contributed by atoms with Gasteiger partial charge in [-0.3, -0.25) is 4.79 Å². The largest absolute Gasteiger partial charge is 0.467 e. The molecule has 1 N–H and O–H groups in total. The zero-order chi connectivity index (χ0) is 18.9. The van der Waals surface area contributed by atoms with Gasteiger partial charge in [0.05, 0.1) is 12.6 Å². The molecule has 1 saturated heterocycles. The van der Waals surface area contributed by atoms with Crippen molar-refractivity contribution in [3.63, 3.8) is 0 Å². The Hall–Kier alpha value is -1.57. The second kappa shape index (κ2) is 7.58. The monoisotopic (exact) mass is 398 g/mol. The van der Waals surface area contributed by atoms with Crippen LogP contribution in [0.3, 0.4) is 0 Å². The van der Waals surface area contributed by atoms with E-state index in [1.807, 2.05) is 24.0 Å². The molecule has 8 heteroatoms. The van der Waals surface area contributed by atoms with Gasteiger partial charge in [0.25, 0.3) is 0 Å². The third kappa shape index (κ3) is 3.23. The molecule has 26 heavy (non-hydrogen) atoms. The molecule has 1 fully saturated rings. The predicted octanol–water partition coefficient (Wildman–Crippen LogP) is 2.90. The summed E-state index contributed by atoms with van der Waals surface area (Å²) in [6.07, 6.45) is 0.755. The Labute approximate surface area is 163 Å². The Morgan fingerprint density at radius 3 is 2.96 bits per heavy atom. The molecule has 1 aromatic rings. The average molecular weight is 399 g/mol. The fourth-order valence-corrected chi connectivity index (χ4v) is 4.28. The third-order valence-corrected chi connectivity index (χ3v) is 5.44. The fourth-order valence-electron chi connectivity index (χ4n) is 3.70. The van der Waals surface area contributed by atoms with Gasteiger partial charge >= 0.3 is 5.97 Å². The first-order valence-electron chi connectivity index (χ1n) is 8.64. The van der Waals surface area contributed by atoms with Crippen LogP contribution in [0.2, 0.25) is 5.02 Å². The number of hydrogen-bond donors (Lipinski definition) is 1. The number of hydrogen-bond acceptors (Lipinski definition) is 5. The Morgan fingerprint density at radius 2 is 2.27 bits per heavy atom. The molecule has 2 aliphatic heterocycles. The number of esters is 1. The molecule has 3 unspecified atom stereocenters. The summed E-state index contributed by atoms with van der Waals surface area (Å²) in [5.41, 5.74) is -0.139. The molecule has 0 aromatic heterocycles. The van der Waals surface area contributed by atoms with Gasteiger partial charge in [0.1, 0.15) is 11.7 Å². The second-order valence-electron chi connectivity index (χ2n) is 6.49. The summed E-state index contributed by atoms with van der Waals surface area (Å²) in [5.74, 6) is -0.214. The van der Waals surface area contributed by atoms with Crippen molar-refractivity contribution in [2.45, 2.75) is 32.0 Å². The van der Waals surface area contributed by atoms with E-state index >= 15 is 0 Å². The summed E-state index contributed by atoms with van der Waals surface area (Å²) in [7, 11) is 1.66. The number of nitrogens with one attached hydrogen (secondary N) is 1. The van der Waals surface area contributed by atoms with Gasteiger partial charge in [0.15, 0.2) is 10.8 Å². The fraction of sp³-hybridized carbons (Fsp3) is 0.556. The van der Waals surface area contributed by atoms with Crippen LogP contribution in [0.1, 0.15) is 31.9 Å². The lowest BCUT2D eigenvalue weighted by atomic mass is 9.79. The minimum absolute atomic E-state index is 0.300. The van der Waals surface area contributed by atoms with Crippen molar-refractivity contribution in [2.75, 3.05) is 26.9 Å². The first-order valence-corrected chi connectivity index (χ1v) is 9.43. The van der Waals surface area contributed by atoms with Crippen LogP contribution in [-0.4, -0.2) is 48.6 Å². The number of carbonyl (C=O) groups is 1. The Bertz CT molecular complexity index is 716. The quantitative estimate of drug-likeness (QED) is 0.449. The summed E-state index contributed by atoms with van der Waals surface area (Å²) >= 11 is 11.7. The van der Waals surface area contributed by atoms with Gasteiger partial charge in [-0.15, -0.1) is 0 Å². The first kappa shape index (κ1) is 19.2. The molecule has 2 bridgehead atoms. The lowest BCUT2D eigenvalue weighted by Gasteiger charge is -2.55. The minimum atomic E-state index is -0.951. The maximum Gasteiger partial charge on any atom is 0.317 e. The Kier molecular flexibility index (Phi) is 5.60. The SMILES string of the molecule is CCOC(=O)C1C2NC(=S)N(CCCOC)C1(C)Oc1ccc(Cl)cc12. The number of ether oxygens (including phenoxy) is 3. The molecule has 3 atom stereocenters. The van der Waals surface area contributed by atoms with E-state index in [-0.39, 0.29) is 12.0 Å². The highest BCUT2D eigenvalue weighted by Gasteiger charge is 2.59. The van der Waals surface area contributed by atoms with Gasteiger partial charge in [-0.05, 0) is 50.7 Å². The van der Waals surface area contributed by atoms with E-state index in [9.17, 15) is 4.79 Å². The first-order chi connectivity index (χ1) is 12.4. The van der Waals surface area contributed by atoms with Crippen molar-refractivity contribution >= 4 is 34.9 Å². The van der Waals surface area contributed by atoms with Crippen molar-refractivity contribution in [3.8, 4) is 5.75 Å². The van der Waals surface area contributed by atoms with Crippen molar-refractivity contribution < 1.29 is 19.0 Å². The Morgan fingerprint density at radius 1 is 1.50 bits per heavy atom. The van der Waals surface area contributed by atoms with Crippen molar-refractivity contribution in [1.29, 1.82) is 0 Å². The van der Waals surface area contributed by atoms with E-state index in [2.05, 4.69) is 5.32 Å². The van der Waals surface area contributed by atoms with E-state index in [0.29, 0.717) is 35.6 Å². The molecule has 0 saturated carbocycles. The molecule has 2 aliphatic rings. The number of fused-ring (bicyclic) bond motifs is 4. The van der Waals surface area contributed by atoms with Crippen LogP contribution >= 0.6 is 23.8 Å². The molecule has 0 radical (unpaired) electrons. The van der Waals surface area contributed by atoms with E-state index in [4.69, 9.17) is 38.0 Å². The molecule has 142 valence electrons. The van der Waals surface area contributed by atoms with Crippen LogP contribution < -0.4 is 10.1 Å². The molecular weight excluding hydrogens is 376 g/mol. The van der Waals surface area contributed by atoms with Gasteiger partial charge < -0.3 is 24.4 Å². The zero-order valence-electron chi connectivity index (χ0n) is 15.1. The van der Waals surface area contributed by atoms with E-state index in [0.717, 1.165) is 12.0 Å². The molecular formula is C18H23ClN2O4S. The second-order valence-corrected chi connectivity index (χ2v) is 7.32. The van der Waals surface area contributed by atoms with Gasteiger partial charge in [-0.2, -0.15) is 0 Å². The Balaban J connectivity index is 2.04. The molecule has 3 rings (SSSR count). The third-order valence-electron chi connectivity index (χ3n) is 4.86. The average Bonchev–Trinajstić information content (AvgIpc) is 2.58. The van der Waals surface area contributed by atoms with Crippen LogP contribution in [0.15, 0.2) is 18.2 Å². The number of nitrogens with zero attached hydrogens (tertiary/aromatic N) is 1. The lowest BCUT2D eigenvalue weighted by molar-refractivity contribution is -0.175. The number of rotatable bonds is 6. The summed E-state index contributed by atoms with van der Waals surface area (Å²) in [5, 5.41) is 4.42. The highest BCUT2D eigenvalue weighted by molar-refractivity contribution is 7.80. The number of thiocarbonyl (C=S) groups is 1. The van der Waals surface area contributed by atoms with E-state index in [1.54, 1.807) is 20.1 Å². The molecule has 6 nitrogen and oxygen atoms in total. The van der Waals surface area contributed by atoms with Gasteiger partial charge in [-0.25, -0.2) is 0 Å². The van der Waals surface area contributed by atoms with Crippen molar-refractivity contribution in [1.82, 2.24) is 10.2 Å². The van der Waals surface area contributed by atoms with E-state index in [1.165, 1.54) is 0 Å². The van der Waals surface area contributed by atoms with Gasteiger partial charge in [0, 0.05) is 30.8 Å². The highest BCUT2D eigenvalue weighted by atomic mass is 35.5. The zero-order valence-corrected chi connectivity index (χ0v) is 16.7. The highest BCUT2D eigenvalue weighted by Crippen LogP contribution is 2.49. The van der Waals surface area contributed by atoms with Gasteiger partial charge in [0.2, 0.25) is 0 Å². The molecule has 2 heterocycles. The van der Waals surface area contributed by atoms with Crippen LogP contribution in [0.5, 0.6) is 5.75 Å². The van der Waals surface area contributed by atoms with Gasteiger partial charge in [-0.1, -0.05) is 11.6 Å². The van der Waals surface area contributed by atoms with Crippen LogP contribution in [0.4, 0.5) is 0 Å². The normalized spacial score (nSPS) is 26.6. The smallest absolute Gasteiger partial charge is 0.317 e. The summed E-state index contributed by atoms with van der Waals surface area (Å²) in [6, 6.07) is 5.06. The molecule has 0 aliphatic carbocycles. The maximum absolute atomic E-state index is 12.8. The summed E-state index contributed by atoms with van der Waals surface area (Å²) in [4.78, 5) is 14.7. The summed E-state index contributed by atoms with van der Waals surface area (Å²) < 4.78 is 16.8. The number of carbonyl (C=O) groups excluding carboxylic acids is 1. The topological polar surface area (TPSA) is 60.0 Å². The minimum Gasteiger partial charge on any atom is -0.467 e. The van der Waals surface area contributed by atoms with Crippen molar-refractivity contribution in [3.05, 3.63) is 28.8 Å². The predicted molar refractivity (Wildman–Crippen MR) is 102 cm³/mol. The van der Waals surface area contributed by atoms with Crippen LogP contribution in [-0.2, 0) is 14.3 Å². The number of halogens is 1. The molecule has 0 amide bonds. The lowest BCUT2D eigenvalue weighted by Crippen LogP contribution is -2.71. The number of methoxy groups -OCH3 is 1.